The first-order valence-corrected chi connectivity index (χ1v) is 4.97. The molecule has 0 saturated carbocycles. The lowest BCUT2D eigenvalue weighted by Gasteiger charge is -2.34. The number of urea groups is 1. The SMILES string of the molecule is C[C@]1([C@H]2CCCNC2)NC(=O)NC1=O. The molecule has 14 heavy (non-hydrogen) atoms. The third kappa shape index (κ3) is 1.37. The fourth-order valence-electron chi connectivity index (χ4n) is 2.19. The van der Waals surface area contributed by atoms with Gasteiger partial charge in [-0.3, -0.25) is 10.1 Å². The van der Waals surface area contributed by atoms with E-state index in [2.05, 4.69) is 16.0 Å². The van der Waals surface area contributed by atoms with E-state index in [-0.39, 0.29) is 17.9 Å². The van der Waals surface area contributed by atoms with Gasteiger partial charge in [0.25, 0.3) is 5.91 Å². The summed E-state index contributed by atoms with van der Waals surface area (Å²) in [5.74, 6) is -0.00102. The van der Waals surface area contributed by atoms with E-state index < -0.39 is 5.54 Å². The van der Waals surface area contributed by atoms with Gasteiger partial charge in [0, 0.05) is 12.5 Å². The molecule has 2 fully saturated rings. The fraction of sp³-hybridized carbons (Fsp3) is 0.778. The van der Waals surface area contributed by atoms with Gasteiger partial charge in [-0.05, 0) is 26.3 Å². The molecule has 2 saturated heterocycles. The molecule has 2 atom stereocenters. The van der Waals surface area contributed by atoms with Gasteiger partial charge in [0.15, 0.2) is 0 Å². The van der Waals surface area contributed by atoms with Crippen LogP contribution in [0.3, 0.4) is 0 Å². The summed E-state index contributed by atoms with van der Waals surface area (Å²) in [5.41, 5.74) is -0.718. The fourth-order valence-corrected chi connectivity index (χ4v) is 2.19. The molecule has 78 valence electrons. The van der Waals surface area contributed by atoms with E-state index in [1.165, 1.54) is 0 Å². The normalized spacial score (nSPS) is 37.9. The van der Waals surface area contributed by atoms with Crippen molar-refractivity contribution < 1.29 is 9.59 Å². The van der Waals surface area contributed by atoms with Gasteiger partial charge >= 0.3 is 6.03 Å². The summed E-state index contributed by atoms with van der Waals surface area (Å²) < 4.78 is 0. The Hall–Kier alpha value is -1.10. The molecular formula is C9H15N3O2. The van der Waals surface area contributed by atoms with E-state index in [0.717, 1.165) is 25.9 Å². The molecule has 0 radical (unpaired) electrons. The maximum absolute atomic E-state index is 11.6. The van der Waals surface area contributed by atoms with Crippen molar-refractivity contribution >= 4 is 11.9 Å². The highest BCUT2D eigenvalue weighted by Gasteiger charge is 2.47. The van der Waals surface area contributed by atoms with Gasteiger partial charge in [0.2, 0.25) is 0 Å². The summed E-state index contributed by atoms with van der Waals surface area (Å²) in [4.78, 5) is 22.6. The molecule has 0 unspecified atom stereocenters. The molecule has 2 aliphatic heterocycles. The molecule has 0 aromatic heterocycles. The van der Waals surface area contributed by atoms with Crippen LogP contribution in [0.4, 0.5) is 4.79 Å². The lowest BCUT2D eigenvalue weighted by atomic mass is 9.81. The van der Waals surface area contributed by atoms with Crippen molar-refractivity contribution in [1.29, 1.82) is 0 Å². The van der Waals surface area contributed by atoms with Crippen molar-refractivity contribution in [1.82, 2.24) is 16.0 Å². The molecule has 5 nitrogen and oxygen atoms in total. The smallest absolute Gasteiger partial charge is 0.322 e. The Bertz CT molecular complexity index is 273. The standard InChI is InChI=1S/C9H15N3O2/c1-9(6-3-2-4-10-5-6)7(13)11-8(14)12-9/h6,10H,2-5H2,1H3,(H2,11,12,13,14)/t6-,9+/m0/s1. The third-order valence-electron chi connectivity index (χ3n) is 3.19. The van der Waals surface area contributed by atoms with Crippen LogP contribution in [0, 0.1) is 5.92 Å². The maximum atomic E-state index is 11.6. The second kappa shape index (κ2) is 3.24. The first-order valence-electron chi connectivity index (χ1n) is 4.97. The van der Waals surface area contributed by atoms with Crippen LogP contribution in [0.25, 0.3) is 0 Å². The van der Waals surface area contributed by atoms with Crippen LogP contribution in [-0.2, 0) is 4.79 Å². The van der Waals surface area contributed by atoms with Crippen LogP contribution >= 0.6 is 0 Å². The quantitative estimate of drug-likeness (QED) is 0.500. The monoisotopic (exact) mass is 197 g/mol. The van der Waals surface area contributed by atoms with Crippen LogP contribution in [-0.4, -0.2) is 30.6 Å². The molecule has 2 heterocycles. The lowest BCUT2D eigenvalue weighted by Crippen LogP contribution is -2.55. The highest BCUT2D eigenvalue weighted by atomic mass is 16.2. The zero-order valence-corrected chi connectivity index (χ0v) is 8.22. The Labute approximate surface area is 82.6 Å². The van der Waals surface area contributed by atoms with E-state index in [1.54, 1.807) is 6.92 Å². The number of piperidine rings is 1. The minimum atomic E-state index is -0.718. The molecule has 5 heteroatoms. The predicted octanol–water partition coefficient (Wildman–Crippen LogP) is -0.416. The minimum Gasteiger partial charge on any atom is -0.323 e. The van der Waals surface area contributed by atoms with Crippen molar-refractivity contribution in [2.45, 2.75) is 25.3 Å². The summed E-state index contributed by atoms with van der Waals surface area (Å²) in [6.07, 6.45) is 2.04. The number of hydrogen-bond donors (Lipinski definition) is 3. The summed E-state index contributed by atoms with van der Waals surface area (Å²) in [5, 5.41) is 8.24. The molecule has 0 aromatic rings. The molecule has 0 aromatic carbocycles. The van der Waals surface area contributed by atoms with Crippen LogP contribution in [0.5, 0.6) is 0 Å². The summed E-state index contributed by atoms with van der Waals surface area (Å²) >= 11 is 0. The van der Waals surface area contributed by atoms with Gasteiger partial charge in [-0.25, -0.2) is 4.79 Å². The molecule has 2 rings (SSSR count). The van der Waals surface area contributed by atoms with E-state index in [9.17, 15) is 9.59 Å². The van der Waals surface area contributed by atoms with Crippen LogP contribution < -0.4 is 16.0 Å². The van der Waals surface area contributed by atoms with Crippen LogP contribution in [0.1, 0.15) is 19.8 Å². The predicted molar refractivity (Wildman–Crippen MR) is 50.7 cm³/mol. The molecule has 0 spiro atoms. The van der Waals surface area contributed by atoms with Crippen molar-refractivity contribution in [2.24, 2.45) is 5.92 Å². The van der Waals surface area contributed by atoms with E-state index in [0.29, 0.717) is 0 Å². The van der Waals surface area contributed by atoms with Crippen molar-refractivity contribution in [3.63, 3.8) is 0 Å². The average molecular weight is 197 g/mol. The summed E-state index contributed by atoms with van der Waals surface area (Å²) in [7, 11) is 0. The van der Waals surface area contributed by atoms with Crippen molar-refractivity contribution in [2.75, 3.05) is 13.1 Å². The number of rotatable bonds is 1. The van der Waals surface area contributed by atoms with Gasteiger partial charge in [0.05, 0.1) is 0 Å². The van der Waals surface area contributed by atoms with Crippen LogP contribution in [0.15, 0.2) is 0 Å². The van der Waals surface area contributed by atoms with Gasteiger partial charge in [-0.2, -0.15) is 0 Å². The Morgan fingerprint density at radius 3 is 2.71 bits per heavy atom. The first-order chi connectivity index (χ1) is 6.63. The molecule has 3 N–H and O–H groups in total. The highest BCUT2D eigenvalue weighted by Crippen LogP contribution is 2.26. The number of carbonyl (C=O) groups is 2. The summed E-state index contributed by atoms with van der Waals surface area (Å²) in [6.45, 7) is 3.59. The number of nitrogens with one attached hydrogen (secondary N) is 3. The van der Waals surface area contributed by atoms with E-state index in [1.807, 2.05) is 0 Å². The number of carbonyl (C=O) groups excluding carboxylic acids is 2. The minimum absolute atomic E-state index is 0.197. The Balaban J connectivity index is 2.14. The molecule has 2 aliphatic rings. The maximum Gasteiger partial charge on any atom is 0.322 e. The largest absolute Gasteiger partial charge is 0.323 e. The van der Waals surface area contributed by atoms with E-state index in [4.69, 9.17) is 0 Å². The van der Waals surface area contributed by atoms with Crippen LogP contribution in [0.2, 0.25) is 0 Å². The van der Waals surface area contributed by atoms with Crippen molar-refractivity contribution in [3.05, 3.63) is 0 Å². The molecule has 0 bridgehead atoms. The second-order valence-corrected chi connectivity index (χ2v) is 4.15. The highest BCUT2D eigenvalue weighted by molar-refractivity contribution is 6.06. The van der Waals surface area contributed by atoms with Crippen molar-refractivity contribution in [3.8, 4) is 0 Å². The van der Waals surface area contributed by atoms with Gasteiger partial charge < -0.3 is 10.6 Å². The topological polar surface area (TPSA) is 70.2 Å². The number of hydrogen-bond acceptors (Lipinski definition) is 3. The third-order valence-corrected chi connectivity index (χ3v) is 3.19. The average Bonchev–Trinajstić information content (AvgIpc) is 2.43. The Kier molecular flexibility index (Phi) is 2.19. The molecular weight excluding hydrogens is 182 g/mol. The lowest BCUT2D eigenvalue weighted by molar-refractivity contribution is -0.125. The zero-order chi connectivity index (χ0) is 10.2. The number of imide groups is 1. The Morgan fingerprint density at radius 1 is 1.43 bits per heavy atom. The zero-order valence-electron chi connectivity index (χ0n) is 8.22. The van der Waals surface area contributed by atoms with Gasteiger partial charge in [-0.1, -0.05) is 0 Å². The van der Waals surface area contributed by atoms with E-state index >= 15 is 0 Å². The van der Waals surface area contributed by atoms with Gasteiger partial charge in [0.1, 0.15) is 5.54 Å². The van der Waals surface area contributed by atoms with Gasteiger partial charge in [-0.15, -0.1) is 0 Å². The number of amides is 3. The summed E-state index contributed by atoms with van der Waals surface area (Å²) in [6, 6.07) is -0.372. The first kappa shape index (κ1) is 9.45. The Morgan fingerprint density at radius 2 is 2.21 bits per heavy atom. The second-order valence-electron chi connectivity index (χ2n) is 4.15. The molecule has 3 amide bonds. The molecule has 0 aliphatic carbocycles.